The van der Waals surface area contributed by atoms with E-state index in [0.717, 1.165) is 17.1 Å². The molecule has 3 aromatic heterocycles. The third-order valence-corrected chi connectivity index (χ3v) is 14.7. The van der Waals surface area contributed by atoms with Crippen LogP contribution in [0.3, 0.4) is 0 Å². The molecule has 0 spiro atoms. The van der Waals surface area contributed by atoms with Gasteiger partial charge >= 0.3 is 0 Å². The third-order valence-electron chi connectivity index (χ3n) is 12.3. The first kappa shape index (κ1) is 33.7. The van der Waals surface area contributed by atoms with E-state index in [0.29, 0.717) is 0 Å². The van der Waals surface area contributed by atoms with Crippen molar-refractivity contribution in [3.05, 3.63) is 206 Å². The summed E-state index contributed by atoms with van der Waals surface area (Å²) in [6.45, 7) is 0. The van der Waals surface area contributed by atoms with Gasteiger partial charge < -0.3 is 9.47 Å². The van der Waals surface area contributed by atoms with Crippen LogP contribution in [0.2, 0.25) is 0 Å². The Hall–Kier alpha value is -7.24. The summed E-state index contributed by atoms with van der Waals surface area (Å²) in [5.41, 5.74) is 9.42. The summed E-state index contributed by atoms with van der Waals surface area (Å²) in [6.07, 6.45) is 0. The molecule has 4 heteroatoms. The molecule has 13 aromatic rings. The molecule has 280 valence electrons. The Balaban J connectivity index is 1.02. The molecule has 0 unspecified atom stereocenters. The average molecular weight is 799 g/mol. The number of hydrogen-bond acceptors (Lipinski definition) is 3. The molecule has 0 aliphatic carbocycles. The van der Waals surface area contributed by atoms with Crippen LogP contribution in [0.1, 0.15) is 0 Å². The van der Waals surface area contributed by atoms with E-state index in [9.17, 15) is 0 Å². The standard InChI is InChI=1S/C56H34N2S2/c1-2-12-37-29-41(26-21-35(37)11-1)57(42-27-28-55-49(32-42)45-16-6-9-19-53(45)59-55)40-24-22-36(23-25-40)47-33-43(34-50-46-17-7-10-20-54(46)60-56(47)50)58-51-18-8-5-15-44(51)48-30-38-13-3-4-14-39(38)31-52(48)58/h1-34H. The summed E-state index contributed by atoms with van der Waals surface area (Å²) in [5.74, 6) is 0. The highest BCUT2D eigenvalue weighted by Crippen LogP contribution is 2.46. The van der Waals surface area contributed by atoms with Crippen molar-refractivity contribution >= 4 is 123 Å². The Morgan fingerprint density at radius 3 is 1.72 bits per heavy atom. The van der Waals surface area contributed by atoms with Crippen LogP contribution in [0, 0.1) is 0 Å². The van der Waals surface area contributed by atoms with Crippen molar-refractivity contribution in [1.29, 1.82) is 0 Å². The lowest BCUT2D eigenvalue weighted by atomic mass is 10.0. The zero-order chi connectivity index (χ0) is 39.3. The lowest BCUT2D eigenvalue weighted by Gasteiger charge is -2.26. The maximum Gasteiger partial charge on any atom is 0.0547 e. The Bertz CT molecular complexity index is 3850. The van der Waals surface area contributed by atoms with E-state index in [2.05, 4.69) is 216 Å². The first-order chi connectivity index (χ1) is 29.7. The van der Waals surface area contributed by atoms with E-state index in [1.807, 2.05) is 22.7 Å². The fourth-order valence-corrected chi connectivity index (χ4v) is 11.8. The molecule has 0 aliphatic heterocycles. The number of aromatic nitrogens is 1. The van der Waals surface area contributed by atoms with Crippen molar-refractivity contribution in [2.45, 2.75) is 0 Å². The van der Waals surface area contributed by atoms with Crippen LogP contribution in [-0.4, -0.2) is 4.57 Å². The molecule has 13 rings (SSSR count). The zero-order valence-electron chi connectivity index (χ0n) is 32.3. The fraction of sp³-hybridized carbons (Fsp3) is 0. The maximum atomic E-state index is 2.48. The summed E-state index contributed by atoms with van der Waals surface area (Å²) < 4.78 is 7.70. The predicted molar refractivity (Wildman–Crippen MR) is 262 cm³/mol. The van der Waals surface area contributed by atoms with Crippen molar-refractivity contribution in [2.24, 2.45) is 0 Å². The molecule has 2 nitrogen and oxygen atoms in total. The van der Waals surface area contributed by atoms with Gasteiger partial charge in [-0.3, -0.25) is 0 Å². The maximum absolute atomic E-state index is 2.48. The van der Waals surface area contributed by atoms with Crippen LogP contribution in [0.5, 0.6) is 0 Å². The first-order valence-corrected chi connectivity index (χ1v) is 22.0. The molecule has 0 saturated carbocycles. The van der Waals surface area contributed by atoms with Crippen LogP contribution in [0.15, 0.2) is 206 Å². The van der Waals surface area contributed by atoms with Gasteiger partial charge in [0.05, 0.1) is 11.0 Å². The smallest absolute Gasteiger partial charge is 0.0547 e. The second-order valence-electron chi connectivity index (χ2n) is 15.7. The first-order valence-electron chi connectivity index (χ1n) is 20.4. The number of fused-ring (bicyclic) bond motifs is 11. The monoisotopic (exact) mass is 798 g/mol. The third kappa shape index (κ3) is 5.18. The van der Waals surface area contributed by atoms with Crippen LogP contribution >= 0.6 is 22.7 Å². The summed E-state index contributed by atoms with van der Waals surface area (Å²) in [6, 6.07) is 76.4. The zero-order valence-corrected chi connectivity index (χ0v) is 34.0. The number of para-hydroxylation sites is 1. The molecular formula is C56H34N2S2. The molecule has 0 bridgehead atoms. The van der Waals surface area contributed by atoms with Crippen LogP contribution in [-0.2, 0) is 0 Å². The van der Waals surface area contributed by atoms with Gasteiger partial charge in [0.25, 0.3) is 0 Å². The van der Waals surface area contributed by atoms with Crippen molar-refractivity contribution < 1.29 is 0 Å². The van der Waals surface area contributed by atoms with Gasteiger partial charge in [0.15, 0.2) is 0 Å². The van der Waals surface area contributed by atoms with Gasteiger partial charge in [-0.05, 0) is 112 Å². The van der Waals surface area contributed by atoms with Crippen molar-refractivity contribution in [3.8, 4) is 16.8 Å². The molecule has 0 radical (unpaired) electrons. The van der Waals surface area contributed by atoms with Gasteiger partial charge in [0, 0.05) is 79.4 Å². The van der Waals surface area contributed by atoms with Crippen molar-refractivity contribution in [3.63, 3.8) is 0 Å². The van der Waals surface area contributed by atoms with Gasteiger partial charge in [-0.2, -0.15) is 0 Å². The molecule has 0 aliphatic rings. The Labute approximate surface area is 354 Å². The minimum atomic E-state index is 1.12. The lowest BCUT2D eigenvalue weighted by Crippen LogP contribution is -2.09. The molecule has 10 aromatic carbocycles. The molecule has 0 N–H and O–H groups in total. The molecule has 0 saturated heterocycles. The predicted octanol–water partition coefficient (Wildman–Crippen LogP) is 17.0. The minimum Gasteiger partial charge on any atom is -0.310 e. The van der Waals surface area contributed by atoms with Gasteiger partial charge in [-0.1, -0.05) is 121 Å². The minimum absolute atomic E-state index is 1.12. The highest BCUT2D eigenvalue weighted by Gasteiger charge is 2.20. The molecular weight excluding hydrogens is 765 g/mol. The summed E-state index contributed by atoms with van der Waals surface area (Å²) in [5, 5.41) is 12.7. The van der Waals surface area contributed by atoms with Gasteiger partial charge in [0.1, 0.15) is 0 Å². The number of thiophene rings is 2. The van der Waals surface area contributed by atoms with Crippen LogP contribution in [0.25, 0.3) is 101 Å². The van der Waals surface area contributed by atoms with Gasteiger partial charge in [-0.15, -0.1) is 22.7 Å². The van der Waals surface area contributed by atoms with E-state index < -0.39 is 0 Å². The molecule has 0 fully saturated rings. The second-order valence-corrected chi connectivity index (χ2v) is 17.9. The molecule has 3 heterocycles. The Morgan fingerprint density at radius 2 is 0.917 bits per heavy atom. The summed E-state index contributed by atoms with van der Waals surface area (Å²) in [7, 11) is 0. The second kappa shape index (κ2) is 13.1. The SMILES string of the molecule is c1ccc2cc(N(c3ccc(-c4cc(-n5c6ccccc6c6cc7ccccc7cc65)cc5c4sc4ccccc45)cc3)c3ccc4sc5ccccc5c4c3)ccc2c1. The number of anilines is 3. The molecule has 0 atom stereocenters. The van der Waals surface area contributed by atoms with E-state index in [1.165, 1.54) is 101 Å². The highest BCUT2D eigenvalue weighted by molar-refractivity contribution is 7.26. The van der Waals surface area contributed by atoms with Gasteiger partial charge in [-0.25, -0.2) is 0 Å². The average Bonchev–Trinajstić information content (AvgIpc) is 3.97. The Morgan fingerprint density at radius 1 is 0.333 bits per heavy atom. The van der Waals surface area contributed by atoms with Crippen LogP contribution < -0.4 is 4.90 Å². The number of nitrogens with zero attached hydrogens (tertiary/aromatic N) is 2. The largest absolute Gasteiger partial charge is 0.310 e. The van der Waals surface area contributed by atoms with E-state index in [4.69, 9.17) is 0 Å². The number of benzene rings is 10. The normalized spacial score (nSPS) is 12.0. The topological polar surface area (TPSA) is 8.17 Å². The van der Waals surface area contributed by atoms with Crippen LogP contribution in [0.4, 0.5) is 17.1 Å². The van der Waals surface area contributed by atoms with E-state index in [1.54, 1.807) is 0 Å². The fourth-order valence-electron chi connectivity index (χ4n) is 9.49. The number of rotatable bonds is 5. The van der Waals surface area contributed by atoms with Crippen molar-refractivity contribution in [1.82, 2.24) is 4.57 Å². The van der Waals surface area contributed by atoms with Crippen molar-refractivity contribution in [2.75, 3.05) is 4.90 Å². The summed E-state index contributed by atoms with van der Waals surface area (Å²) in [4.78, 5) is 2.41. The highest BCUT2D eigenvalue weighted by atomic mass is 32.1. The molecule has 60 heavy (non-hydrogen) atoms. The number of hydrogen-bond donors (Lipinski definition) is 0. The Kier molecular flexibility index (Phi) is 7.38. The van der Waals surface area contributed by atoms with E-state index in [-0.39, 0.29) is 0 Å². The lowest BCUT2D eigenvalue weighted by molar-refractivity contribution is 1.19. The van der Waals surface area contributed by atoms with Gasteiger partial charge in [0.2, 0.25) is 0 Å². The summed E-state index contributed by atoms with van der Waals surface area (Å²) >= 11 is 3.75. The molecule has 0 amide bonds. The van der Waals surface area contributed by atoms with E-state index >= 15 is 0 Å². The quantitative estimate of drug-likeness (QED) is 0.168.